The van der Waals surface area contributed by atoms with E-state index in [1.54, 1.807) is 4.90 Å². The second-order valence-electron chi connectivity index (χ2n) is 12.7. The van der Waals surface area contributed by atoms with Gasteiger partial charge in [-0.3, -0.25) is 9.69 Å². The van der Waals surface area contributed by atoms with Crippen LogP contribution < -0.4 is 9.80 Å². The van der Waals surface area contributed by atoms with Crippen LogP contribution in [0.4, 0.5) is 16.2 Å². The van der Waals surface area contributed by atoms with Gasteiger partial charge in [0.05, 0.1) is 30.0 Å². The Labute approximate surface area is 233 Å². The molecular weight excluding hydrogens is 496 g/mol. The van der Waals surface area contributed by atoms with Crippen molar-refractivity contribution >= 4 is 23.4 Å². The second kappa shape index (κ2) is 11.5. The van der Waals surface area contributed by atoms with E-state index in [0.717, 1.165) is 71.9 Å². The van der Waals surface area contributed by atoms with Crippen LogP contribution in [0.25, 0.3) is 0 Å². The van der Waals surface area contributed by atoms with Crippen LogP contribution in [0.5, 0.6) is 0 Å². The lowest BCUT2D eigenvalue weighted by Crippen LogP contribution is -2.48. The molecule has 4 fully saturated rings. The van der Waals surface area contributed by atoms with Crippen molar-refractivity contribution in [3.63, 3.8) is 0 Å². The van der Waals surface area contributed by atoms with Crippen LogP contribution >= 0.6 is 0 Å². The molecule has 0 saturated carbocycles. The van der Waals surface area contributed by atoms with Crippen molar-refractivity contribution in [3.05, 3.63) is 23.8 Å². The lowest BCUT2D eigenvalue weighted by molar-refractivity contribution is -0.151. The first kappa shape index (κ1) is 28.0. The molecule has 0 aliphatic carbocycles. The van der Waals surface area contributed by atoms with Crippen molar-refractivity contribution in [1.82, 2.24) is 9.80 Å². The summed E-state index contributed by atoms with van der Waals surface area (Å²) in [5.41, 5.74) is 2.99. The summed E-state index contributed by atoms with van der Waals surface area (Å²) in [4.78, 5) is 34.6. The second-order valence-corrected chi connectivity index (χ2v) is 12.7. The topological polar surface area (TPSA) is 74.8 Å². The molecular formula is C30H46N4O5. The highest BCUT2D eigenvalue weighted by molar-refractivity contribution is 5.80. The number of piperazine rings is 1. The summed E-state index contributed by atoms with van der Waals surface area (Å²) in [7, 11) is 0. The Morgan fingerprint density at radius 1 is 0.974 bits per heavy atom. The fourth-order valence-corrected chi connectivity index (χ4v) is 6.35. The maximum absolute atomic E-state index is 12.9. The number of benzene rings is 1. The Morgan fingerprint density at radius 2 is 1.64 bits per heavy atom. The minimum Gasteiger partial charge on any atom is -0.462 e. The van der Waals surface area contributed by atoms with E-state index in [-0.39, 0.29) is 18.2 Å². The number of anilines is 2. The summed E-state index contributed by atoms with van der Waals surface area (Å²) >= 11 is 0. The van der Waals surface area contributed by atoms with Gasteiger partial charge < -0.3 is 28.9 Å². The third-order valence-corrected chi connectivity index (χ3v) is 8.66. The molecule has 0 N–H and O–H groups in total. The van der Waals surface area contributed by atoms with Crippen LogP contribution in [0, 0.1) is 12.3 Å². The smallest absolute Gasteiger partial charge is 0.410 e. The quantitative estimate of drug-likeness (QED) is 0.522. The standard InChI is InChI=1S/C30H46N4O5/c1-23-5-6-25(26(21-23)33-17-19-37-20-18-33)32-15-13-31(14-16-32)10-7-24-22-30(27(35)38-24)8-11-34(12-9-30)28(36)39-29(2,3)4/h5-6,21,24H,7-20,22H2,1-4H3/t24-/m0/s1. The monoisotopic (exact) mass is 542 g/mol. The highest BCUT2D eigenvalue weighted by Crippen LogP contribution is 2.44. The molecule has 9 nitrogen and oxygen atoms in total. The SMILES string of the molecule is Cc1ccc(N2CCN(CC[C@H]3CC4(CCN(C(=O)OC(C)(C)C)CC4)C(=O)O3)CC2)c(N2CCOCC2)c1. The van der Waals surface area contributed by atoms with Crippen molar-refractivity contribution in [3.8, 4) is 0 Å². The molecule has 1 atom stereocenters. The average molecular weight is 543 g/mol. The summed E-state index contributed by atoms with van der Waals surface area (Å²) in [6.07, 6.45) is 2.62. The normalized spacial score (nSPS) is 24.3. The Hall–Kier alpha value is -2.52. The Morgan fingerprint density at radius 3 is 2.31 bits per heavy atom. The van der Waals surface area contributed by atoms with Crippen LogP contribution in [0.3, 0.4) is 0 Å². The number of morpholine rings is 1. The number of hydrogen-bond donors (Lipinski definition) is 0. The molecule has 39 heavy (non-hydrogen) atoms. The number of ether oxygens (including phenoxy) is 3. The van der Waals surface area contributed by atoms with E-state index in [1.807, 2.05) is 20.8 Å². The van der Waals surface area contributed by atoms with E-state index in [2.05, 4.69) is 39.8 Å². The average Bonchev–Trinajstić information content (AvgIpc) is 3.22. The number of likely N-dealkylation sites (tertiary alicyclic amines) is 1. The molecule has 4 saturated heterocycles. The van der Waals surface area contributed by atoms with Gasteiger partial charge in [0.2, 0.25) is 0 Å². The zero-order valence-corrected chi connectivity index (χ0v) is 24.2. The predicted molar refractivity (Wildman–Crippen MR) is 151 cm³/mol. The van der Waals surface area contributed by atoms with E-state index in [4.69, 9.17) is 14.2 Å². The third kappa shape index (κ3) is 6.62. The number of cyclic esters (lactones) is 1. The van der Waals surface area contributed by atoms with Gasteiger partial charge in [-0.15, -0.1) is 0 Å². The number of hydrogen-bond acceptors (Lipinski definition) is 8. The van der Waals surface area contributed by atoms with Gasteiger partial charge in [-0.2, -0.15) is 0 Å². The predicted octanol–water partition coefficient (Wildman–Crippen LogP) is 3.68. The van der Waals surface area contributed by atoms with Crippen molar-refractivity contribution in [2.75, 3.05) is 81.9 Å². The van der Waals surface area contributed by atoms with E-state index < -0.39 is 11.0 Å². The highest BCUT2D eigenvalue weighted by atomic mass is 16.6. The maximum Gasteiger partial charge on any atom is 0.410 e. The first-order chi connectivity index (χ1) is 18.6. The molecule has 4 aliphatic rings. The molecule has 4 heterocycles. The van der Waals surface area contributed by atoms with Crippen LogP contribution in [0.15, 0.2) is 18.2 Å². The molecule has 1 aromatic carbocycles. The van der Waals surface area contributed by atoms with Gasteiger partial charge in [-0.25, -0.2) is 4.79 Å². The molecule has 5 rings (SSSR count). The largest absolute Gasteiger partial charge is 0.462 e. The number of nitrogens with zero attached hydrogens (tertiary/aromatic N) is 4. The van der Waals surface area contributed by atoms with Crippen molar-refractivity contribution < 1.29 is 23.8 Å². The zero-order chi connectivity index (χ0) is 27.6. The van der Waals surface area contributed by atoms with E-state index in [9.17, 15) is 9.59 Å². The number of amides is 1. The molecule has 1 spiro atoms. The lowest BCUT2D eigenvalue weighted by atomic mass is 9.76. The maximum atomic E-state index is 12.9. The van der Waals surface area contributed by atoms with Gasteiger partial charge in [0.15, 0.2) is 0 Å². The Balaban J connectivity index is 1.09. The fourth-order valence-electron chi connectivity index (χ4n) is 6.35. The van der Waals surface area contributed by atoms with Crippen molar-refractivity contribution in [2.45, 2.75) is 65.1 Å². The van der Waals surface area contributed by atoms with E-state index >= 15 is 0 Å². The zero-order valence-electron chi connectivity index (χ0n) is 24.2. The molecule has 216 valence electrons. The number of carbonyl (C=O) groups excluding carboxylic acids is 2. The van der Waals surface area contributed by atoms with Crippen LogP contribution in [0.2, 0.25) is 0 Å². The van der Waals surface area contributed by atoms with Gasteiger partial charge in [-0.05, 0) is 64.7 Å². The summed E-state index contributed by atoms with van der Waals surface area (Å²) < 4.78 is 17.0. The summed E-state index contributed by atoms with van der Waals surface area (Å²) in [5, 5.41) is 0. The van der Waals surface area contributed by atoms with Gasteiger partial charge in [-0.1, -0.05) is 6.07 Å². The summed E-state index contributed by atoms with van der Waals surface area (Å²) in [5.74, 6) is -0.0730. The molecule has 1 aromatic rings. The van der Waals surface area contributed by atoms with Crippen molar-refractivity contribution in [1.29, 1.82) is 0 Å². The first-order valence-electron chi connectivity index (χ1n) is 14.7. The molecule has 0 unspecified atom stereocenters. The molecule has 9 heteroatoms. The number of piperidine rings is 1. The summed E-state index contributed by atoms with van der Waals surface area (Å²) in [6.45, 7) is 17.3. The van der Waals surface area contributed by atoms with Crippen LogP contribution in [-0.2, 0) is 19.0 Å². The molecule has 0 radical (unpaired) electrons. The third-order valence-electron chi connectivity index (χ3n) is 8.66. The number of rotatable bonds is 5. The molecule has 4 aliphatic heterocycles. The van der Waals surface area contributed by atoms with Crippen LogP contribution in [-0.4, -0.2) is 106 Å². The lowest BCUT2D eigenvalue weighted by Gasteiger charge is -2.39. The van der Waals surface area contributed by atoms with Gasteiger partial charge in [0, 0.05) is 65.3 Å². The summed E-state index contributed by atoms with van der Waals surface area (Å²) in [6, 6.07) is 6.81. The van der Waals surface area contributed by atoms with Crippen molar-refractivity contribution in [2.24, 2.45) is 5.41 Å². The van der Waals surface area contributed by atoms with Gasteiger partial charge in [0.25, 0.3) is 0 Å². The minimum absolute atomic E-state index is 0.0337. The number of aryl methyl sites for hydroxylation is 1. The van der Waals surface area contributed by atoms with Gasteiger partial charge >= 0.3 is 12.1 Å². The molecule has 1 amide bonds. The van der Waals surface area contributed by atoms with Crippen LogP contribution in [0.1, 0.15) is 52.0 Å². The molecule has 0 aromatic heterocycles. The molecule has 0 bridgehead atoms. The number of esters is 1. The van der Waals surface area contributed by atoms with E-state index in [1.165, 1.54) is 16.9 Å². The van der Waals surface area contributed by atoms with Gasteiger partial charge in [0.1, 0.15) is 11.7 Å². The Kier molecular flexibility index (Phi) is 8.29. The Bertz CT molecular complexity index is 1020. The highest BCUT2D eigenvalue weighted by Gasteiger charge is 2.51. The number of carbonyl (C=O) groups is 2. The minimum atomic E-state index is -0.514. The fraction of sp³-hybridized carbons (Fsp3) is 0.733. The van der Waals surface area contributed by atoms with E-state index in [0.29, 0.717) is 25.9 Å². The first-order valence-corrected chi connectivity index (χ1v) is 14.7.